The summed E-state index contributed by atoms with van der Waals surface area (Å²) in [4.78, 5) is 14.9. The van der Waals surface area contributed by atoms with Crippen LogP contribution >= 0.6 is 0 Å². The number of hydrogen-bond acceptors (Lipinski definition) is 3. The molecule has 26 heavy (non-hydrogen) atoms. The molecule has 2 amide bonds. The smallest absolute Gasteiger partial charge is 0.319 e. The SMILES string of the molecule is C[C@@H]1CN(c2ccccc2NC(=O)NC2CCCCCCC2)C[C@H](C)O1. The third-order valence-corrected chi connectivity index (χ3v) is 5.35. The van der Waals surface area contributed by atoms with Crippen molar-refractivity contribution in [2.45, 2.75) is 77.0 Å². The fourth-order valence-electron chi connectivity index (χ4n) is 4.17. The van der Waals surface area contributed by atoms with Crippen molar-refractivity contribution in [2.75, 3.05) is 23.3 Å². The molecule has 0 unspecified atom stereocenters. The molecule has 0 radical (unpaired) electrons. The van der Waals surface area contributed by atoms with Crippen LogP contribution < -0.4 is 15.5 Å². The van der Waals surface area contributed by atoms with E-state index < -0.39 is 0 Å². The van der Waals surface area contributed by atoms with E-state index >= 15 is 0 Å². The second-order valence-corrected chi connectivity index (χ2v) is 7.82. The van der Waals surface area contributed by atoms with E-state index in [0.717, 1.165) is 37.3 Å². The van der Waals surface area contributed by atoms with Gasteiger partial charge in [-0.25, -0.2) is 4.79 Å². The zero-order chi connectivity index (χ0) is 18.4. The second kappa shape index (κ2) is 9.26. The molecular formula is C21H33N3O2. The summed E-state index contributed by atoms with van der Waals surface area (Å²) in [5, 5.41) is 6.28. The molecule has 0 spiro atoms. The van der Waals surface area contributed by atoms with Crippen LogP contribution in [0.2, 0.25) is 0 Å². The van der Waals surface area contributed by atoms with Crippen molar-refractivity contribution in [2.24, 2.45) is 0 Å². The van der Waals surface area contributed by atoms with Gasteiger partial charge in [-0.05, 0) is 38.8 Å². The number of amides is 2. The number of anilines is 2. The van der Waals surface area contributed by atoms with Gasteiger partial charge >= 0.3 is 6.03 Å². The second-order valence-electron chi connectivity index (χ2n) is 7.82. The topological polar surface area (TPSA) is 53.6 Å². The van der Waals surface area contributed by atoms with E-state index in [0.29, 0.717) is 6.04 Å². The summed E-state index contributed by atoms with van der Waals surface area (Å²) in [5.74, 6) is 0. The van der Waals surface area contributed by atoms with Gasteiger partial charge in [-0.1, -0.05) is 44.2 Å². The number of benzene rings is 1. The predicted octanol–water partition coefficient (Wildman–Crippen LogP) is 4.53. The van der Waals surface area contributed by atoms with E-state index in [4.69, 9.17) is 4.74 Å². The first-order chi connectivity index (χ1) is 12.6. The lowest BCUT2D eigenvalue weighted by Gasteiger charge is -2.37. The van der Waals surface area contributed by atoms with Crippen LogP contribution in [0, 0.1) is 0 Å². The highest BCUT2D eigenvalue weighted by Gasteiger charge is 2.24. The lowest BCUT2D eigenvalue weighted by atomic mass is 9.97. The summed E-state index contributed by atoms with van der Waals surface area (Å²) in [6.07, 6.45) is 8.90. The van der Waals surface area contributed by atoms with E-state index in [2.05, 4.69) is 35.4 Å². The number of carbonyl (C=O) groups is 1. The van der Waals surface area contributed by atoms with Gasteiger partial charge < -0.3 is 20.3 Å². The van der Waals surface area contributed by atoms with E-state index in [9.17, 15) is 4.79 Å². The Morgan fingerprint density at radius 3 is 2.31 bits per heavy atom. The molecule has 1 heterocycles. The highest BCUT2D eigenvalue weighted by molar-refractivity contribution is 5.93. The minimum atomic E-state index is -0.0858. The number of morpholine rings is 1. The molecule has 2 aliphatic rings. The number of nitrogens with one attached hydrogen (secondary N) is 2. The van der Waals surface area contributed by atoms with Crippen LogP contribution in [0.25, 0.3) is 0 Å². The van der Waals surface area contributed by atoms with Crippen LogP contribution in [0.5, 0.6) is 0 Å². The van der Waals surface area contributed by atoms with Crippen LogP contribution in [-0.4, -0.2) is 37.4 Å². The Labute approximate surface area is 157 Å². The van der Waals surface area contributed by atoms with Crippen molar-refractivity contribution < 1.29 is 9.53 Å². The molecule has 1 aliphatic heterocycles. The molecule has 1 aromatic carbocycles. The maximum absolute atomic E-state index is 12.6. The first-order valence-electron chi connectivity index (χ1n) is 10.2. The summed E-state index contributed by atoms with van der Waals surface area (Å²) in [7, 11) is 0. The van der Waals surface area contributed by atoms with Crippen LogP contribution in [0.4, 0.5) is 16.2 Å². The van der Waals surface area contributed by atoms with Crippen LogP contribution in [0.1, 0.15) is 58.8 Å². The third-order valence-electron chi connectivity index (χ3n) is 5.35. The molecule has 1 saturated carbocycles. The quantitative estimate of drug-likeness (QED) is 0.833. The van der Waals surface area contributed by atoms with E-state index in [1.807, 2.05) is 18.2 Å². The van der Waals surface area contributed by atoms with Gasteiger partial charge in [-0.2, -0.15) is 0 Å². The number of nitrogens with zero attached hydrogens (tertiary/aromatic N) is 1. The molecule has 5 heteroatoms. The molecule has 1 saturated heterocycles. The van der Waals surface area contributed by atoms with Gasteiger partial charge in [0.25, 0.3) is 0 Å². The summed E-state index contributed by atoms with van der Waals surface area (Å²) < 4.78 is 5.84. The Morgan fingerprint density at radius 2 is 1.62 bits per heavy atom. The molecule has 1 aromatic rings. The van der Waals surface area contributed by atoms with Crippen molar-refractivity contribution in [1.82, 2.24) is 5.32 Å². The highest BCUT2D eigenvalue weighted by Crippen LogP contribution is 2.28. The molecule has 1 aliphatic carbocycles. The van der Waals surface area contributed by atoms with Crippen molar-refractivity contribution in [3.8, 4) is 0 Å². The summed E-state index contributed by atoms with van der Waals surface area (Å²) in [6, 6.07) is 8.28. The molecule has 5 nitrogen and oxygen atoms in total. The van der Waals surface area contributed by atoms with Crippen molar-refractivity contribution in [3.05, 3.63) is 24.3 Å². The van der Waals surface area contributed by atoms with Gasteiger partial charge in [0.15, 0.2) is 0 Å². The fraction of sp³-hybridized carbons (Fsp3) is 0.667. The molecule has 2 atom stereocenters. The molecule has 0 aromatic heterocycles. The van der Waals surface area contributed by atoms with E-state index in [1.54, 1.807) is 0 Å². The van der Waals surface area contributed by atoms with Gasteiger partial charge in [-0.3, -0.25) is 0 Å². The number of para-hydroxylation sites is 2. The van der Waals surface area contributed by atoms with Gasteiger partial charge in [0.2, 0.25) is 0 Å². The normalized spacial score (nSPS) is 25.2. The van der Waals surface area contributed by atoms with Crippen molar-refractivity contribution >= 4 is 17.4 Å². The number of hydrogen-bond donors (Lipinski definition) is 2. The van der Waals surface area contributed by atoms with Gasteiger partial charge in [0, 0.05) is 19.1 Å². The molecule has 0 bridgehead atoms. The fourth-order valence-corrected chi connectivity index (χ4v) is 4.17. The Morgan fingerprint density at radius 1 is 1.00 bits per heavy atom. The summed E-state index contributed by atoms with van der Waals surface area (Å²) in [5.41, 5.74) is 1.94. The van der Waals surface area contributed by atoms with Crippen LogP contribution in [0.15, 0.2) is 24.3 Å². The highest BCUT2D eigenvalue weighted by atomic mass is 16.5. The number of rotatable bonds is 3. The van der Waals surface area contributed by atoms with Crippen molar-refractivity contribution in [1.29, 1.82) is 0 Å². The standard InChI is InChI=1S/C21H33N3O2/c1-16-14-24(15-17(2)26-16)20-13-9-8-12-19(20)23-21(25)22-18-10-6-4-3-5-7-11-18/h8-9,12-13,16-18H,3-7,10-11,14-15H2,1-2H3,(H2,22,23,25)/t16-,17+. The average Bonchev–Trinajstić information content (AvgIpc) is 2.57. The maximum atomic E-state index is 12.6. The first kappa shape index (κ1) is 19.0. The largest absolute Gasteiger partial charge is 0.372 e. The van der Waals surface area contributed by atoms with E-state index in [-0.39, 0.29) is 18.2 Å². The Hall–Kier alpha value is -1.75. The number of ether oxygens (including phenoxy) is 1. The predicted molar refractivity (Wildman–Crippen MR) is 107 cm³/mol. The Bertz CT molecular complexity index is 574. The van der Waals surface area contributed by atoms with Gasteiger partial charge in [0.05, 0.1) is 23.6 Å². The third kappa shape index (κ3) is 5.37. The lowest BCUT2D eigenvalue weighted by molar-refractivity contribution is -0.00517. The number of urea groups is 1. The Kier molecular flexibility index (Phi) is 6.78. The molecule has 2 N–H and O–H groups in total. The zero-order valence-electron chi connectivity index (χ0n) is 16.2. The lowest BCUT2D eigenvalue weighted by Crippen LogP contribution is -2.46. The van der Waals surface area contributed by atoms with Crippen molar-refractivity contribution in [3.63, 3.8) is 0 Å². The summed E-state index contributed by atoms with van der Waals surface area (Å²) >= 11 is 0. The molecule has 144 valence electrons. The maximum Gasteiger partial charge on any atom is 0.319 e. The minimum Gasteiger partial charge on any atom is -0.372 e. The minimum absolute atomic E-state index is 0.0858. The number of carbonyl (C=O) groups excluding carboxylic acids is 1. The first-order valence-corrected chi connectivity index (χ1v) is 10.2. The zero-order valence-corrected chi connectivity index (χ0v) is 16.2. The van der Waals surface area contributed by atoms with Crippen LogP contribution in [0.3, 0.4) is 0 Å². The van der Waals surface area contributed by atoms with Crippen LogP contribution in [-0.2, 0) is 4.74 Å². The van der Waals surface area contributed by atoms with Gasteiger partial charge in [-0.15, -0.1) is 0 Å². The molecule has 2 fully saturated rings. The Balaban J connectivity index is 1.63. The average molecular weight is 360 g/mol. The molecule has 3 rings (SSSR count). The molecular weight excluding hydrogens is 326 g/mol. The monoisotopic (exact) mass is 359 g/mol. The van der Waals surface area contributed by atoms with Gasteiger partial charge in [0.1, 0.15) is 0 Å². The van der Waals surface area contributed by atoms with E-state index in [1.165, 1.54) is 32.1 Å². The summed E-state index contributed by atoms with van der Waals surface area (Å²) in [6.45, 7) is 5.88.